The van der Waals surface area contributed by atoms with E-state index in [1.807, 2.05) is 6.92 Å². The van der Waals surface area contributed by atoms with E-state index >= 15 is 0 Å². The van der Waals surface area contributed by atoms with Crippen molar-refractivity contribution in [2.75, 3.05) is 19.8 Å². The van der Waals surface area contributed by atoms with Crippen LogP contribution in [-0.2, 0) is 19.0 Å². The van der Waals surface area contributed by atoms with Gasteiger partial charge in [-0.1, -0.05) is 0 Å². The minimum absolute atomic E-state index is 0.0134. The summed E-state index contributed by atoms with van der Waals surface area (Å²) in [5.41, 5.74) is 0. The summed E-state index contributed by atoms with van der Waals surface area (Å²) < 4.78 is 16.4. The molecule has 4 nitrogen and oxygen atoms in total. The quantitative estimate of drug-likeness (QED) is 0.698. The molecule has 1 heterocycles. The van der Waals surface area contributed by atoms with Crippen molar-refractivity contribution < 1.29 is 19.0 Å². The van der Waals surface area contributed by atoms with Crippen LogP contribution in [0.5, 0.6) is 0 Å². The number of Topliss-reactive ketones (excluding diaryl/α,β-unsaturated/α-hetero) is 1. The van der Waals surface area contributed by atoms with Gasteiger partial charge in [0.2, 0.25) is 0 Å². The molecule has 2 atom stereocenters. The molecule has 1 saturated carbocycles. The van der Waals surface area contributed by atoms with E-state index in [-0.39, 0.29) is 24.1 Å². The smallest absolute Gasteiger partial charge is 0.166 e. The fraction of sp³-hybridized carbons (Fsp3) is 0.909. The van der Waals surface area contributed by atoms with Gasteiger partial charge in [0.15, 0.2) is 5.78 Å². The lowest BCUT2D eigenvalue weighted by atomic mass is 9.89. The molecule has 2 unspecified atom stereocenters. The van der Waals surface area contributed by atoms with Gasteiger partial charge in [-0.15, -0.1) is 0 Å². The standard InChI is InChI=1S/C11H18O4/c1-2-14-11-9(12)7-10(11)15-8-3-5-13-6-4-8/h8,10-11H,2-7H2,1H3. The molecule has 0 bridgehead atoms. The fourth-order valence-corrected chi connectivity index (χ4v) is 2.03. The molecule has 0 amide bonds. The third kappa shape index (κ3) is 2.56. The molecule has 0 radical (unpaired) electrons. The maximum absolute atomic E-state index is 11.2. The number of rotatable bonds is 4. The Balaban J connectivity index is 1.76. The van der Waals surface area contributed by atoms with Crippen molar-refractivity contribution in [1.82, 2.24) is 0 Å². The Morgan fingerprint density at radius 2 is 2.13 bits per heavy atom. The normalized spacial score (nSPS) is 32.7. The summed E-state index contributed by atoms with van der Waals surface area (Å²) in [6.07, 6.45) is 2.31. The summed E-state index contributed by atoms with van der Waals surface area (Å²) in [5.74, 6) is 0.175. The molecule has 0 aromatic carbocycles. The Morgan fingerprint density at radius 1 is 1.40 bits per heavy atom. The zero-order valence-corrected chi connectivity index (χ0v) is 9.11. The second kappa shape index (κ2) is 5.05. The Bertz CT molecular complexity index is 223. The first-order valence-electron chi connectivity index (χ1n) is 5.68. The van der Waals surface area contributed by atoms with Gasteiger partial charge in [-0.05, 0) is 19.8 Å². The number of carbonyl (C=O) groups is 1. The first kappa shape index (κ1) is 11.0. The molecule has 0 aromatic heterocycles. The second-order valence-electron chi connectivity index (χ2n) is 4.03. The molecule has 4 heteroatoms. The van der Waals surface area contributed by atoms with Gasteiger partial charge in [0.25, 0.3) is 0 Å². The van der Waals surface area contributed by atoms with Crippen LogP contribution in [0.4, 0.5) is 0 Å². The number of hydrogen-bond donors (Lipinski definition) is 0. The third-order valence-electron chi connectivity index (χ3n) is 2.94. The Morgan fingerprint density at radius 3 is 2.73 bits per heavy atom. The van der Waals surface area contributed by atoms with Gasteiger partial charge in [0.05, 0.1) is 12.2 Å². The lowest BCUT2D eigenvalue weighted by Gasteiger charge is -2.37. The maximum Gasteiger partial charge on any atom is 0.166 e. The van der Waals surface area contributed by atoms with Gasteiger partial charge in [-0.25, -0.2) is 0 Å². The number of ketones is 1. The molecule has 1 saturated heterocycles. The predicted molar refractivity (Wildman–Crippen MR) is 53.8 cm³/mol. The van der Waals surface area contributed by atoms with Crippen LogP contribution >= 0.6 is 0 Å². The zero-order chi connectivity index (χ0) is 10.7. The van der Waals surface area contributed by atoms with Gasteiger partial charge in [0.1, 0.15) is 6.10 Å². The lowest BCUT2D eigenvalue weighted by Crippen LogP contribution is -2.52. The first-order chi connectivity index (χ1) is 7.31. The van der Waals surface area contributed by atoms with Crippen molar-refractivity contribution in [3.8, 4) is 0 Å². The summed E-state index contributed by atoms with van der Waals surface area (Å²) in [7, 11) is 0. The van der Waals surface area contributed by atoms with Crippen molar-refractivity contribution >= 4 is 5.78 Å². The molecule has 2 fully saturated rings. The molecule has 86 valence electrons. The van der Waals surface area contributed by atoms with Crippen LogP contribution in [-0.4, -0.2) is 43.9 Å². The van der Waals surface area contributed by atoms with E-state index in [4.69, 9.17) is 14.2 Å². The van der Waals surface area contributed by atoms with Gasteiger partial charge in [-0.2, -0.15) is 0 Å². The number of carbonyl (C=O) groups excluding carboxylic acids is 1. The first-order valence-corrected chi connectivity index (χ1v) is 5.68. The largest absolute Gasteiger partial charge is 0.381 e. The van der Waals surface area contributed by atoms with E-state index in [0.29, 0.717) is 13.0 Å². The summed E-state index contributed by atoms with van der Waals surface area (Å²) >= 11 is 0. The van der Waals surface area contributed by atoms with Crippen LogP contribution in [0.2, 0.25) is 0 Å². The molecule has 2 aliphatic rings. The minimum Gasteiger partial charge on any atom is -0.381 e. The van der Waals surface area contributed by atoms with Crippen LogP contribution in [0.25, 0.3) is 0 Å². The highest BCUT2D eigenvalue weighted by Gasteiger charge is 2.42. The second-order valence-corrected chi connectivity index (χ2v) is 4.03. The Hall–Kier alpha value is -0.450. The van der Waals surface area contributed by atoms with Crippen molar-refractivity contribution in [1.29, 1.82) is 0 Å². The molecule has 1 aliphatic heterocycles. The SMILES string of the molecule is CCOC1C(=O)CC1OC1CCOCC1. The number of hydrogen-bond acceptors (Lipinski definition) is 4. The Labute approximate surface area is 89.9 Å². The van der Waals surface area contributed by atoms with Crippen LogP contribution < -0.4 is 0 Å². The average molecular weight is 214 g/mol. The molecule has 0 spiro atoms. The van der Waals surface area contributed by atoms with Crippen molar-refractivity contribution in [3.05, 3.63) is 0 Å². The van der Waals surface area contributed by atoms with Crippen molar-refractivity contribution in [2.24, 2.45) is 0 Å². The molecule has 0 N–H and O–H groups in total. The Kier molecular flexibility index (Phi) is 3.72. The van der Waals surface area contributed by atoms with E-state index in [9.17, 15) is 4.79 Å². The van der Waals surface area contributed by atoms with Crippen molar-refractivity contribution in [3.63, 3.8) is 0 Å². The highest BCUT2D eigenvalue weighted by atomic mass is 16.6. The van der Waals surface area contributed by atoms with Gasteiger partial charge in [0, 0.05) is 26.2 Å². The molecular weight excluding hydrogens is 196 g/mol. The van der Waals surface area contributed by atoms with Gasteiger partial charge >= 0.3 is 0 Å². The van der Waals surface area contributed by atoms with E-state index < -0.39 is 0 Å². The molecule has 2 rings (SSSR count). The third-order valence-corrected chi connectivity index (χ3v) is 2.94. The van der Waals surface area contributed by atoms with Crippen LogP contribution in [0.15, 0.2) is 0 Å². The van der Waals surface area contributed by atoms with Gasteiger partial charge < -0.3 is 14.2 Å². The van der Waals surface area contributed by atoms with E-state index in [2.05, 4.69) is 0 Å². The van der Waals surface area contributed by atoms with Crippen molar-refractivity contribution in [2.45, 2.75) is 44.5 Å². The molecule has 15 heavy (non-hydrogen) atoms. The average Bonchev–Trinajstić information content (AvgIpc) is 2.27. The van der Waals surface area contributed by atoms with Crippen LogP contribution in [0.3, 0.4) is 0 Å². The van der Waals surface area contributed by atoms with E-state index in [1.54, 1.807) is 0 Å². The fourth-order valence-electron chi connectivity index (χ4n) is 2.03. The summed E-state index contributed by atoms with van der Waals surface area (Å²) in [6, 6.07) is 0. The monoisotopic (exact) mass is 214 g/mol. The molecular formula is C11H18O4. The minimum atomic E-state index is -0.308. The summed E-state index contributed by atoms with van der Waals surface area (Å²) in [5, 5.41) is 0. The summed E-state index contributed by atoms with van der Waals surface area (Å²) in [6.45, 7) is 4.01. The highest BCUT2D eigenvalue weighted by Crippen LogP contribution is 2.26. The van der Waals surface area contributed by atoms with E-state index in [1.165, 1.54) is 0 Å². The molecule has 1 aliphatic carbocycles. The molecule has 0 aromatic rings. The zero-order valence-electron chi connectivity index (χ0n) is 9.11. The topological polar surface area (TPSA) is 44.8 Å². The van der Waals surface area contributed by atoms with Gasteiger partial charge in [-0.3, -0.25) is 4.79 Å². The predicted octanol–water partition coefficient (Wildman–Crippen LogP) is 0.929. The highest BCUT2D eigenvalue weighted by molar-refractivity contribution is 5.90. The summed E-state index contributed by atoms with van der Waals surface area (Å²) in [4.78, 5) is 11.2. The number of ether oxygens (including phenoxy) is 3. The lowest BCUT2D eigenvalue weighted by molar-refractivity contribution is -0.178. The van der Waals surface area contributed by atoms with Crippen LogP contribution in [0.1, 0.15) is 26.2 Å². The van der Waals surface area contributed by atoms with E-state index in [0.717, 1.165) is 26.1 Å². The van der Waals surface area contributed by atoms with Crippen LogP contribution in [0, 0.1) is 0 Å². The maximum atomic E-state index is 11.2.